The first kappa shape index (κ1) is 22.5. The van der Waals surface area contributed by atoms with E-state index in [1.54, 1.807) is 0 Å². The lowest BCUT2D eigenvalue weighted by Gasteiger charge is -2.43. The number of anilines is 1. The molecule has 0 spiro atoms. The molecule has 0 aromatic heterocycles. The third kappa shape index (κ3) is 4.06. The van der Waals surface area contributed by atoms with Gasteiger partial charge in [-0.15, -0.1) is 0 Å². The molecule has 2 aromatic rings. The predicted molar refractivity (Wildman–Crippen MR) is 113 cm³/mol. The summed E-state index contributed by atoms with van der Waals surface area (Å²) in [5.74, 6) is -1.68. The average Bonchev–Trinajstić information content (AvgIpc) is 2.67. The molecular formula is C24H20ClF4NO2. The fraction of sp³-hybridized carbons (Fsp3) is 0.333. The first-order valence-corrected chi connectivity index (χ1v) is 10.5. The van der Waals surface area contributed by atoms with Crippen LogP contribution in [0, 0.1) is 11.2 Å². The van der Waals surface area contributed by atoms with Gasteiger partial charge in [0.2, 0.25) is 5.91 Å². The Labute approximate surface area is 187 Å². The standard InChI is InChI=1S/C24H20ClF4NO2/c1-23(2)11-19-22(20(31)12-23)16(13-3-6-15(26)7-4-13)10-21(32)30(19)18-9-14(24(27,28)29)5-8-17(18)25/h3-9,16H,10-12H2,1-2H3. The smallest absolute Gasteiger partial charge is 0.294 e. The summed E-state index contributed by atoms with van der Waals surface area (Å²) in [4.78, 5) is 27.7. The van der Waals surface area contributed by atoms with Crippen LogP contribution in [-0.4, -0.2) is 11.7 Å². The lowest BCUT2D eigenvalue weighted by atomic mass is 9.69. The van der Waals surface area contributed by atoms with E-state index >= 15 is 0 Å². The zero-order chi connectivity index (χ0) is 23.4. The number of benzene rings is 2. The van der Waals surface area contributed by atoms with E-state index in [-0.39, 0.29) is 29.3 Å². The number of rotatable bonds is 2. The quantitative estimate of drug-likeness (QED) is 0.465. The van der Waals surface area contributed by atoms with Crippen LogP contribution in [0.25, 0.3) is 0 Å². The van der Waals surface area contributed by atoms with E-state index in [2.05, 4.69) is 0 Å². The second kappa shape index (κ2) is 7.73. The van der Waals surface area contributed by atoms with E-state index in [4.69, 9.17) is 11.6 Å². The van der Waals surface area contributed by atoms with Crippen molar-refractivity contribution >= 4 is 29.0 Å². The molecule has 0 N–H and O–H groups in total. The minimum atomic E-state index is -4.62. The molecule has 0 saturated carbocycles. The monoisotopic (exact) mass is 465 g/mol. The summed E-state index contributed by atoms with van der Waals surface area (Å²) < 4.78 is 53.5. The maximum atomic E-state index is 13.4. The lowest BCUT2D eigenvalue weighted by molar-refractivity contribution is -0.137. The molecule has 32 heavy (non-hydrogen) atoms. The van der Waals surface area contributed by atoms with E-state index < -0.39 is 34.8 Å². The van der Waals surface area contributed by atoms with Gasteiger partial charge >= 0.3 is 6.18 Å². The fourth-order valence-corrected chi connectivity index (χ4v) is 4.74. The number of hydrogen-bond acceptors (Lipinski definition) is 2. The van der Waals surface area contributed by atoms with E-state index in [0.29, 0.717) is 23.3 Å². The molecule has 2 aromatic carbocycles. The number of allylic oxidation sites excluding steroid dienone is 2. The summed E-state index contributed by atoms with van der Waals surface area (Å²) in [6.45, 7) is 3.74. The van der Waals surface area contributed by atoms with Crippen LogP contribution in [0.2, 0.25) is 5.02 Å². The highest BCUT2D eigenvalue weighted by Crippen LogP contribution is 2.49. The number of alkyl halides is 3. The highest BCUT2D eigenvalue weighted by atomic mass is 35.5. The minimum absolute atomic E-state index is 0.0192. The lowest BCUT2D eigenvalue weighted by Crippen LogP contribution is -2.44. The van der Waals surface area contributed by atoms with Crippen LogP contribution in [0.3, 0.4) is 0 Å². The Balaban J connectivity index is 1.92. The van der Waals surface area contributed by atoms with Crippen LogP contribution >= 0.6 is 11.6 Å². The number of carbonyl (C=O) groups is 2. The Hall–Kier alpha value is -2.67. The van der Waals surface area contributed by atoms with E-state index in [9.17, 15) is 27.2 Å². The molecule has 1 unspecified atom stereocenters. The maximum absolute atomic E-state index is 13.4. The van der Waals surface area contributed by atoms with Crippen molar-refractivity contribution < 1.29 is 27.2 Å². The van der Waals surface area contributed by atoms with Crippen molar-refractivity contribution in [2.24, 2.45) is 5.41 Å². The van der Waals surface area contributed by atoms with Gasteiger partial charge in [-0.05, 0) is 47.7 Å². The number of Topliss-reactive ketones (excluding diaryl/α,β-unsaturated/α-hetero) is 1. The van der Waals surface area contributed by atoms with Crippen LogP contribution in [0.15, 0.2) is 53.7 Å². The molecule has 3 nitrogen and oxygen atoms in total. The zero-order valence-electron chi connectivity index (χ0n) is 17.4. The van der Waals surface area contributed by atoms with Gasteiger partial charge < -0.3 is 0 Å². The first-order chi connectivity index (χ1) is 14.9. The number of amides is 1. The summed E-state index contributed by atoms with van der Waals surface area (Å²) in [6.07, 6.45) is -4.21. The molecule has 1 amide bonds. The molecule has 1 aliphatic carbocycles. The maximum Gasteiger partial charge on any atom is 0.416 e. The topological polar surface area (TPSA) is 37.4 Å². The van der Waals surface area contributed by atoms with E-state index in [1.165, 1.54) is 29.2 Å². The van der Waals surface area contributed by atoms with Crippen molar-refractivity contribution in [1.29, 1.82) is 0 Å². The first-order valence-electron chi connectivity index (χ1n) is 10.1. The predicted octanol–water partition coefficient (Wildman–Crippen LogP) is 6.66. The van der Waals surface area contributed by atoms with Crippen molar-refractivity contribution in [2.75, 3.05) is 4.90 Å². The molecule has 4 rings (SSSR count). The summed E-state index contributed by atoms with van der Waals surface area (Å²) in [7, 11) is 0. The molecule has 8 heteroatoms. The number of carbonyl (C=O) groups excluding carboxylic acids is 2. The highest BCUT2D eigenvalue weighted by Gasteiger charge is 2.45. The van der Waals surface area contributed by atoms with E-state index in [1.807, 2.05) is 13.8 Å². The van der Waals surface area contributed by atoms with Gasteiger partial charge in [-0.25, -0.2) is 4.39 Å². The summed E-state index contributed by atoms with van der Waals surface area (Å²) in [5.41, 5.74) is -0.180. The van der Waals surface area contributed by atoms with Crippen molar-refractivity contribution in [3.63, 3.8) is 0 Å². The molecule has 0 radical (unpaired) electrons. The number of halogens is 5. The number of nitrogens with zero attached hydrogens (tertiary/aromatic N) is 1. The van der Waals surface area contributed by atoms with Gasteiger partial charge in [0.05, 0.1) is 16.3 Å². The Kier molecular flexibility index (Phi) is 5.44. The molecule has 1 heterocycles. The molecule has 1 atom stereocenters. The Morgan fingerprint density at radius 1 is 1.03 bits per heavy atom. The minimum Gasteiger partial charge on any atom is -0.294 e. The van der Waals surface area contributed by atoms with Crippen LogP contribution < -0.4 is 4.90 Å². The molecule has 0 saturated heterocycles. The Morgan fingerprint density at radius 2 is 1.69 bits per heavy atom. The Morgan fingerprint density at radius 3 is 2.31 bits per heavy atom. The highest BCUT2D eigenvalue weighted by molar-refractivity contribution is 6.34. The third-order valence-electron chi connectivity index (χ3n) is 5.93. The van der Waals surface area contributed by atoms with Crippen LogP contribution in [0.5, 0.6) is 0 Å². The largest absolute Gasteiger partial charge is 0.416 e. The summed E-state index contributed by atoms with van der Waals surface area (Å²) >= 11 is 6.24. The average molecular weight is 466 g/mol. The van der Waals surface area contributed by atoms with E-state index in [0.717, 1.165) is 18.2 Å². The molecule has 168 valence electrons. The number of ketones is 1. The summed E-state index contributed by atoms with van der Waals surface area (Å²) in [5, 5.41) is -0.0192. The SMILES string of the molecule is CC1(C)CC(=O)C2=C(C1)N(c1cc(C(F)(F)F)ccc1Cl)C(=O)CC2c1ccc(F)cc1. The molecule has 0 fully saturated rings. The van der Waals surface area contributed by atoms with Crippen molar-refractivity contribution in [2.45, 2.75) is 45.2 Å². The molecular weight excluding hydrogens is 446 g/mol. The van der Waals surface area contributed by atoms with Crippen LogP contribution in [0.1, 0.15) is 50.2 Å². The van der Waals surface area contributed by atoms with Gasteiger partial charge in [0, 0.05) is 30.0 Å². The molecule has 0 bridgehead atoms. The van der Waals surface area contributed by atoms with Gasteiger partial charge in [-0.2, -0.15) is 13.2 Å². The second-order valence-electron chi connectivity index (χ2n) is 9.00. The van der Waals surface area contributed by atoms with Crippen LogP contribution in [-0.2, 0) is 15.8 Å². The van der Waals surface area contributed by atoms with Crippen LogP contribution in [0.4, 0.5) is 23.2 Å². The normalized spacial score (nSPS) is 21.1. The van der Waals surface area contributed by atoms with Gasteiger partial charge in [0.25, 0.3) is 0 Å². The molecule has 2 aliphatic rings. The molecule has 1 aliphatic heterocycles. The number of hydrogen-bond donors (Lipinski definition) is 0. The van der Waals surface area contributed by atoms with Crippen molar-refractivity contribution in [3.8, 4) is 0 Å². The van der Waals surface area contributed by atoms with Gasteiger partial charge in [-0.1, -0.05) is 37.6 Å². The van der Waals surface area contributed by atoms with Gasteiger partial charge in [-0.3, -0.25) is 14.5 Å². The third-order valence-corrected chi connectivity index (χ3v) is 6.25. The zero-order valence-corrected chi connectivity index (χ0v) is 18.1. The Bertz CT molecular complexity index is 1140. The van der Waals surface area contributed by atoms with Gasteiger partial charge in [0.15, 0.2) is 5.78 Å². The van der Waals surface area contributed by atoms with Gasteiger partial charge in [0.1, 0.15) is 5.82 Å². The second-order valence-corrected chi connectivity index (χ2v) is 9.41. The van der Waals surface area contributed by atoms with Crippen molar-refractivity contribution in [3.05, 3.63) is 75.7 Å². The fourth-order valence-electron chi connectivity index (χ4n) is 4.53. The summed E-state index contributed by atoms with van der Waals surface area (Å²) in [6, 6.07) is 8.37. The van der Waals surface area contributed by atoms with Crippen molar-refractivity contribution in [1.82, 2.24) is 0 Å².